The highest BCUT2D eigenvalue weighted by Gasteiger charge is 2.37. The molecule has 0 aliphatic heterocycles. The molecule has 0 spiro atoms. The third kappa shape index (κ3) is 3.00. The highest BCUT2D eigenvalue weighted by Crippen LogP contribution is 2.33. The molecule has 1 aliphatic carbocycles. The lowest BCUT2D eigenvalue weighted by Gasteiger charge is -2.11. The molecular weight excluding hydrogens is 284 g/mol. The quantitative estimate of drug-likeness (QED) is 0.883. The van der Waals surface area contributed by atoms with Gasteiger partial charge in [-0.15, -0.1) is 0 Å². The van der Waals surface area contributed by atoms with Crippen molar-refractivity contribution in [3.63, 3.8) is 0 Å². The molecule has 1 fully saturated rings. The zero-order chi connectivity index (χ0) is 15.7. The van der Waals surface area contributed by atoms with Crippen LogP contribution in [0.4, 0.5) is 0 Å². The first-order valence-corrected chi connectivity index (χ1v) is 7.12. The van der Waals surface area contributed by atoms with Crippen molar-refractivity contribution in [2.45, 2.75) is 25.8 Å². The first kappa shape index (κ1) is 14.3. The number of amides is 1. The van der Waals surface area contributed by atoms with E-state index in [-0.39, 0.29) is 11.7 Å². The van der Waals surface area contributed by atoms with E-state index in [4.69, 9.17) is 9.63 Å². The number of hydrogen-bond acceptors (Lipinski definition) is 4. The fourth-order valence-corrected chi connectivity index (χ4v) is 2.27. The van der Waals surface area contributed by atoms with Crippen molar-refractivity contribution in [2.75, 3.05) is 0 Å². The van der Waals surface area contributed by atoms with E-state index in [1.165, 1.54) is 6.07 Å². The zero-order valence-electron chi connectivity index (χ0n) is 12.1. The summed E-state index contributed by atoms with van der Waals surface area (Å²) in [5.41, 5.74) is 2.51. The third-order valence-corrected chi connectivity index (χ3v) is 3.73. The monoisotopic (exact) mass is 300 g/mol. The lowest BCUT2D eigenvalue weighted by Crippen LogP contribution is -2.42. The van der Waals surface area contributed by atoms with Crippen LogP contribution in [0.1, 0.15) is 29.0 Å². The number of benzene rings is 1. The predicted molar refractivity (Wildman–Crippen MR) is 78.3 cm³/mol. The van der Waals surface area contributed by atoms with Gasteiger partial charge in [0.2, 0.25) is 5.76 Å². The highest BCUT2D eigenvalue weighted by atomic mass is 16.5. The number of nitrogens with zero attached hydrogens (tertiary/aromatic N) is 1. The maximum Gasteiger partial charge on any atom is 0.326 e. The number of nitrogens with one attached hydrogen (secondary N) is 1. The van der Waals surface area contributed by atoms with Crippen LogP contribution in [-0.2, 0) is 4.79 Å². The Morgan fingerprint density at radius 1 is 1.32 bits per heavy atom. The van der Waals surface area contributed by atoms with Crippen LogP contribution in [0.25, 0.3) is 11.3 Å². The van der Waals surface area contributed by atoms with Crippen molar-refractivity contribution >= 4 is 11.9 Å². The number of carboxylic acid groups (broad SMARTS) is 1. The van der Waals surface area contributed by atoms with Gasteiger partial charge in [0.25, 0.3) is 5.91 Å². The number of carboxylic acids is 1. The topological polar surface area (TPSA) is 92.4 Å². The third-order valence-electron chi connectivity index (χ3n) is 3.73. The summed E-state index contributed by atoms with van der Waals surface area (Å²) >= 11 is 0. The van der Waals surface area contributed by atoms with Crippen molar-refractivity contribution in [2.24, 2.45) is 5.92 Å². The van der Waals surface area contributed by atoms with E-state index in [0.29, 0.717) is 5.69 Å². The van der Waals surface area contributed by atoms with E-state index < -0.39 is 17.9 Å². The van der Waals surface area contributed by atoms with Gasteiger partial charge in [-0.3, -0.25) is 4.79 Å². The first-order chi connectivity index (χ1) is 10.5. The van der Waals surface area contributed by atoms with Gasteiger partial charge in [0.1, 0.15) is 11.7 Å². The zero-order valence-corrected chi connectivity index (χ0v) is 12.1. The molecule has 1 atom stereocenters. The molecule has 1 aliphatic rings. The molecule has 0 saturated heterocycles. The molecular formula is C16H16N2O4. The van der Waals surface area contributed by atoms with Crippen LogP contribution in [0.2, 0.25) is 0 Å². The van der Waals surface area contributed by atoms with Crippen molar-refractivity contribution in [1.29, 1.82) is 0 Å². The lowest BCUT2D eigenvalue weighted by molar-refractivity contribution is -0.139. The normalized spacial score (nSPS) is 15.3. The van der Waals surface area contributed by atoms with Crippen LogP contribution in [0.3, 0.4) is 0 Å². The van der Waals surface area contributed by atoms with Gasteiger partial charge in [-0.2, -0.15) is 0 Å². The number of hydrogen-bond donors (Lipinski definition) is 2. The van der Waals surface area contributed by atoms with Crippen LogP contribution in [-0.4, -0.2) is 28.2 Å². The first-order valence-electron chi connectivity index (χ1n) is 7.12. The molecule has 6 nitrogen and oxygen atoms in total. The van der Waals surface area contributed by atoms with Crippen molar-refractivity contribution in [1.82, 2.24) is 10.5 Å². The standard InChI is InChI=1S/C16H16N2O4/c1-9-2-4-10(5-3-9)12-8-13(22-18-12)15(19)17-14(16(20)21)11-6-7-11/h2-5,8,11,14H,6-7H2,1H3,(H,17,19)(H,20,21). The van der Waals surface area contributed by atoms with E-state index in [1.54, 1.807) is 0 Å². The van der Waals surface area contributed by atoms with E-state index in [0.717, 1.165) is 24.0 Å². The minimum atomic E-state index is -1.02. The average Bonchev–Trinajstić information content (AvgIpc) is 3.21. The molecule has 1 aromatic carbocycles. The minimum absolute atomic E-state index is 0.0148. The number of aryl methyl sites for hydroxylation is 1. The largest absolute Gasteiger partial charge is 0.480 e. The Hall–Kier alpha value is -2.63. The second kappa shape index (κ2) is 5.63. The summed E-state index contributed by atoms with van der Waals surface area (Å²) < 4.78 is 5.04. The molecule has 2 N–H and O–H groups in total. The van der Waals surface area contributed by atoms with Crippen molar-refractivity contribution in [3.05, 3.63) is 41.7 Å². The smallest absolute Gasteiger partial charge is 0.326 e. The lowest BCUT2D eigenvalue weighted by atomic mass is 10.1. The van der Waals surface area contributed by atoms with Gasteiger partial charge in [0, 0.05) is 11.6 Å². The van der Waals surface area contributed by atoms with Crippen LogP contribution in [0, 0.1) is 12.8 Å². The number of carbonyl (C=O) groups excluding carboxylic acids is 1. The Kier molecular flexibility index (Phi) is 3.66. The van der Waals surface area contributed by atoms with E-state index in [1.807, 2.05) is 31.2 Å². The maximum atomic E-state index is 12.1. The summed E-state index contributed by atoms with van der Waals surface area (Å²) in [5, 5.41) is 15.5. The fourth-order valence-electron chi connectivity index (χ4n) is 2.27. The maximum absolute atomic E-state index is 12.1. The van der Waals surface area contributed by atoms with Crippen LogP contribution in [0.15, 0.2) is 34.9 Å². The van der Waals surface area contributed by atoms with Gasteiger partial charge in [-0.05, 0) is 25.7 Å². The summed E-state index contributed by atoms with van der Waals surface area (Å²) in [6.07, 6.45) is 1.64. The SMILES string of the molecule is Cc1ccc(-c2cc(C(=O)NC(C(=O)O)C3CC3)on2)cc1. The number of aromatic nitrogens is 1. The molecule has 0 bridgehead atoms. The predicted octanol–water partition coefficient (Wildman–Crippen LogP) is 2.24. The molecule has 3 rings (SSSR count). The molecule has 6 heteroatoms. The number of aliphatic carboxylic acids is 1. The molecule has 1 aromatic heterocycles. The summed E-state index contributed by atoms with van der Waals surface area (Å²) in [4.78, 5) is 23.2. The average molecular weight is 300 g/mol. The second-order valence-electron chi connectivity index (χ2n) is 5.57. The van der Waals surface area contributed by atoms with Gasteiger partial charge in [0.15, 0.2) is 0 Å². The minimum Gasteiger partial charge on any atom is -0.480 e. The number of carbonyl (C=O) groups is 2. The van der Waals surface area contributed by atoms with E-state index >= 15 is 0 Å². The Labute approximate surface area is 127 Å². The molecule has 0 radical (unpaired) electrons. The van der Waals surface area contributed by atoms with E-state index in [9.17, 15) is 9.59 Å². The Bertz CT molecular complexity index is 701. The van der Waals surface area contributed by atoms with Crippen LogP contribution in [0.5, 0.6) is 0 Å². The van der Waals surface area contributed by atoms with E-state index in [2.05, 4.69) is 10.5 Å². The van der Waals surface area contributed by atoms with Gasteiger partial charge >= 0.3 is 5.97 Å². The van der Waals surface area contributed by atoms with Crippen molar-refractivity contribution in [3.8, 4) is 11.3 Å². The molecule has 1 amide bonds. The fraction of sp³-hybridized carbons (Fsp3) is 0.312. The molecule has 1 unspecified atom stereocenters. The van der Waals surface area contributed by atoms with Crippen molar-refractivity contribution < 1.29 is 19.2 Å². The highest BCUT2D eigenvalue weighted by molar-refractivity contribution is 5.95. The van der Waals surface area contributed by atoms with Gasteiger partial charge in [-0.1, -0.05) is 35.0 Å². The summed E-state index contributed by atoms with van der Waals surface area (Å²) in [6.45, 7) is 1.98. The summed E-state index contributed by atoms with van der Waals surface area (Å²) in [5.74, 6) is -1.54. The van der Waals surface area contributed by atoms with Crippen LogP contribution >= 0.6 is 0 Å². The molecule has 1 heterocycles. The molecule has 22 heavy (non-hydrogen) atoms. The molecule has 2 aromatic rings. The molecule has 1 saturated carbocycles. The Balaban J connectivity index is 1.74. The van der Waals surface area contributed by atoms with Gasteiger partial charge in [-0.25, -0.2) is 4.79 Å². The second-order valence-corrected chi connectivity index (χ2v) is 5.57. The van der Waals surface area contributed by atoms with Gasteiger partial charge < -0.3 is 14.9 Å². The van der Waals surface area contributed by atoms with Gasteiger partial charge in [0.05, 0.1) is 0 Å². The Morgan fingerprint density at radius 2 is 2.00 bits per heavy atom. The summed E-state index contributed by atoms with van der Waals surface area (Å²) in [7, 11) is 0. The van der Waals surface area contributed by atoms with Crippen LogP contribution < -0.4 is 5.32 Å². The molecule has 114 valence electrons. The Morgan fingerprint density at radius 3 is 2.59 bits per heavy atom. The summed E-state index contributed by atoms with van der Waals surface area (Å²) in [6, 6.07) is 8.32. The number of rotatable bonds is 5.